The van der Waals surface area contributed by atoms with Gasteiger partial charge in [0.1, 0.15) is 17.2 Å². The monoisotopic (exact) mass is 572 g/mol. The highest BCUT2D eigenvalue weighted by Gasteiger charge is 1.93. The number of ketones is 1. The van der Waals surface area contributed by atoms with Crippen LogP contribution < -0.4 is 0 Å². The summed E-state index contributed by atoms with van der Waals surface area (Å²) < 4.78 is 0. The van der Waals surface area contributed by atoms with E-state index in [0.717, 1.165) is 16.7 Å². The number of phenolic OH excluding ortho intramolecular Hbond substituents is 3. The van der Waals surface area contributed by atoms with E-state index in [-0.39, 0.29) is 47.7 Å². The Balaban J connectivity index is -0.000000211. The number of aliphatic imine (C=N–C) groups is 1. The number of benzene rings is 3. The number of carbonyl (C=O) groups excluding carboxylic acids is 1. The van der Waals surface area contributed by atoms with Gasteiger partial charge in [-0.3, -0.25) is 4.79 Å². The molecule has 218 valence electrons. The molecule has 0 aromatic heterocycles. The van der Waals surface area contributed by atoms with Crippen LogP contribution in [0.2, 0.25) is 0 Å². The Morgan fingerprint density at radius 1 is 0.750 bits per heavy atom. The van der Waals surface area contributed by atoms with Gasteiger partial charge < -0.3 is 36.9 Å². The lowest BCUT2D eigenvalue weighted by atomic mass is 10.1. The number of hydrogen-bond acceptors (Lipinski definition) is 8. The van der Waals surface area contributed by atoms with Gasteiger partial charge in [-0.15, -0.1) is 0 Å². The molecular weight excluding hydrogens is 534 g/mol. The van der Waals surface area contributed by atoms with Crippen LogP contribution in [0, 0.1) is 6.92 Å². The maximum absolute atomic E-state index is 10.4. The third kappa shape index (κ3) is 20.6. The summed E-state index contributed by atoms with van der Waals surface area (Å²) >= 11 is 4.41. The van der Waals surface area contributed by atoms with Crippen LogP contribution in [0.4, 0.5) is 0 Å². The lowest BCUT2D eigenvalue weighted by Crippen LogP contribution is -1.89. The molecule has 10 heteroatoms. The molecule has 3 aromatic carbocycles. The van der Waals surface area contributed by atoms with Crippen molar-refractivity contribution >= 4 is 23.2 Å². The fourth-order valence-electron chi connectivity index (χ4n) is 2.36. The number of thiocarbonyl (C=S) groups is 1. The van der Waals surface area contributed by atoms with Crippen molar-refractivity contribution in [3.63, 3.8) is 0 Å². The number of nitrogens with zero attached hydrogens (tertiary/aromatic N) is 1. The minimum Gasteiger partial charge on any atom is -0.870 e. The van der Waals surface area contributed by atoms with E-state index in [2.05, 4.69) is 29.0 Å². The van der Waals surface area contributed by atoms with Gasteiger partial charge >= 0.3 is 0 Å². The Labute approximate surface area is 240 Å². The first-order valence-electron chi connectivity index (χ1n) is 10.8. The number of phenols is 3. The van der Waals surface area contributed by atoms with E-state index in [1.807, 2.05) is 19.1 Å². The van der Waals surface area contributed by atoms with Gasteiger partial charge in [-0.25, -0.2) is 4.99 Å². The first-order valence-corrected chi connectivity index (χ1v) is 11.2. The molecule has 0 unspecified atom stereocenters. The average Bonchev–Trinajstić information content (AvgIpc) is 2.89. The van der Waals surface area contributed by atoms with Crippen molar-refractivity contribution < 1.29 is 41.6 Å². The molecule has 4 rings (SSSR count). The van der Waals surface area contributed by atoms with Crippen LogP contribution in [0.1, 0.15) is 24.1 Å². The van der Waals surface area contributed by atoms with Crippen molar-refractivity contribution in [1.82, 2.24) is 0 Å². The molecule has 1 aliphatic rings. The normalized spacial score (nSPS) is 9.85. The smallest absolute Gasteiger partial charge is 0.178 e. The number of rotatable bonds is 3. The first-order chi connectivity index (χ1) is 17.2. The molecule has 3 aromatic rings. The van der Waals surface area contributed by atoms with Crippen LogP contribution in [0.15, 0.2) is 114 Å². The van der Waals surface area contributed by atoms with Crippen LogP contribution in [0.5, 0.6) is 17.2 Å². The highest BCUT2D eigenvalue weighted by atomic mass is 32.1. The third-order valence-electron chi connectivity index (χ3n) is 4.34. The van der Waals surface area contributed by atoms with Crippen molar-refractivity contribution in [2.75, 3.05) is 0 Å². The molecule has 1 aliphatic carbocycles. The van der Waals surface area contributed by atoms with E-state index in [9.17, 15) is 4.79 Å². The second-order valence-corrected chi connectivity index (χ2v) is 7.56. The SMILES string of the molecule is C.C=C1C=CC(=O)C=C1.Cc1ccc(O)cc1.O.O.OCc1ccc(O)cc1.Oc1ccc(CN=C=S)cc1.[OH-]. The van der Waals surface area contributed by atoms with Crippen molar-refractivity contribution in [3.05, 3.63) is 126 Å². The maximum atomic E-state index is 10.4. The van der Waals surface area contributed by atoms with Crippen LogP contribution >= 0.6 is 12.2 Å². The van der Waals surface area contributed by atoms with E-state index in [1.165, 1.54) is 17.7 Å². The van der Waals surface area contributed by atoms with Crippen molar-refractivity contribution in [2.45, 2.75) is 27.5 Å². The van der Waals surface area contributed by atoms with Gasteiger partial charge in [0.05, 0.1) is 18.3 Å². The number of isothiocyanates is 1. The molecule has 0 radical (unpaired) electrons. The lowest BCUT2D eigenvalue weighted by Gasteiger charge is -1.93. The standard InChI is InChI=1S/C8H7NOS.C7H8O2.C7H8O.C7H6O.CH4.3H2O/c10-8-3-1-7(2-4-8)5-9-6-11;8-5-6-1-3-7(9)4-2-6;2*1-6-2-4-7(8)5-3-6;;;;/h1-4,10H,5H2;1-4,8-9H,5H2;2-5,8H,1H3;2-5H,1H2;1H4;3*1H2/p-1. The number of aromatic hydroxyl groups is 3. The quantitative estimate of drug-likeness (QED) is 0.258. The molecule has 9 N–H and O–H groups in total. The van der Waals surface area contributed by atoms with Crippen LogP contribution in [0.3, 0.4) is 0 Å². The van der Waals surface area contributed by atoms with E-state index < -0.39 is 0 Å². The summed E-state index contributed by atoms with van der Waals surface area (Å²) in [7, 11) is 0. The fraction of sp³-hybridized carbons (Fsp3) is 0.133. The van der Waals surface area contributed by atoms with Crippen LogP contribution in [-0.4, -0.2) is 47.8 Å². The third-order valence-corrected chi connectivity index (χ3v) is 4.47. The molecule has 0 saturated heterocycles. The summed E-state index contributed by atoms with van der Waals surface area (Å²) in [4.78, 5) is 14.1. The van der Waals surface area contributed by atoms with Gasteiger partial charge in [0, 0.05) is 0 Å². The van der Waals surface area contributed by atoms with E-state index in [4.69, 9.17) is 20.4 Å². The molecule has 0 atom stereocenters. The van der Waals surface area contributed by atoms with Crippen molar-refractivity contribution in [1.29, 1.82) is 0 Å². The second-order valence-electron chi connectivity index (χ2n) is 7.38. The number of hydrogen-bond donors (Lipinski definition) is 4. The van der Waals surface area contributed by atoms with Crippen molar-refractivity contribution in [3.8, 4) is 17.2 Å². The molecular formula is C30H38NO8S-. The van der Waals surface area contributed by atoms with E-state index in [1.54, 1.807) is 72.8 Å². The Morgan fingerprint density at radius 3 is 1.45 bits per heavy atom. The molecule has 9 nitrogen and oxygen atoms in total. The number of carbonyl (C=O) groups is 1. The van der Waals surface area contributed by atoms with Crippen LogP contribution in [0.25, 0.3) is 0 Å². The number of aliphatic hydroxyl groups is 1. The number of allylic oxidation sites excluding steroid dienone is 5. The Bertz CT molecular complexity index is 1140. The van der Waals surface area contributed by atoms with Gasteiger partial charge in [-0.2, -0.15) is 0 Å². The largest absolute Gasteiger partial charge is 0.870 e. The van der Waals surface area contributed by atoms with E-state index >= 15 is 0 Å². The molecule has 40 heavy (non-hydrogen) atoms. The summed E-state index contributed by atoms with van der Waals surface area (Å²) in [6, 6.07) is 20.4. The zero-order chi connectivity index (χ0) is 26.8. The molecule has 0 aliphatic heterocycles. The minimum atomic E-state index is 0. The highest BCUT2D eigenvalue weighted by molar-refractivity contribution is 7.78. The Hall–Kier alpha value is -4.41. The second kappa shape index (κ2) is 24.9. The number of aliphatic hydroxyl groups excluding tert-OH is 1. The lowest BCUT2D eigenvalue weighted by molar-refractivity contribution is -0.110. The summed E-state index contributed by atoms with van der Waals surface area (Å²) in [5, 5.41) is 37.3. The van der Waals surface area contributed by atoms with Gasteiger partial charge in [0.2, 0.25) is 0 Å². The highest BCUT2D eigenvalue weighted by Crippen LogP contribution is 2.10. The van der Waals surface area contributed by atoms with Gasteiger partial charge in [-0.05, 0) is 84.4 Å². The van der Waals surface area contributed by atoms with Gasteiger partial charge in [-0.1, -0.05) is 68.1 Å². The molecule has 0 saturated carbocycles. The zero-order valence-electron chi connectivity index (χ0n) is 21.4. The van der Waals surface area contributed by atoms with Gasteiger partial charge in [0.15, 0.2) is 5.78 Å². The molecule has 0 bridgehead atoms. The minimum absolute atomic E-state index is 0. The molecule has 0 heterocycles. The van der Waals surface area contributed by atoms with Crippen molar-refractivity contribution in [2.24, 2.45) is 4.99 Å². The summed E-state index contributed by atoms with van der Waals surface area (Å²) in [6.07, 6.45) is 6.40. The molecule has 0 spiro atoms. The first kappa shape index (κ1) is 42.7. The molecule has 0 amide bonds. The van der Waals surface area contributed by atoms with E-state index in [0.29, 0.717) is 12.3 Å². The predicted octanol–water partition coefficient (Wildman–Crippen LogP) is 4.63. The summed E-state index contributed by atoms with van der Waals surface area (Å²) in [5.41, 5.74) is 3.88. The molecule has 0 fully saturated rings. The van der Waals surface area contributed by atoms with Gasteiger partial charge in [0.25, 0.3) is 0 Å². The summed E-state index contributed by atoms with van der Waals surface area (Å²) in [5.74, 6) is 0.861. The fourth-order valence-corrected chi connectivity index (χ4v) is 2.43. The number of aryl methyl sites for hydroxylation is 1. The zero-order valence-corrected chi connectivity index (χ0v) is 22.2. The topological polar surface area (TPSA) is 203 Å². The Morgan fingerprint density at radius 2 is 1.12 bits per heavy atom. The predicted molar refractivity (Wildman–Crippen MR) is 162 cm³/mol. The Kier molecular flexibility index (Phi) is 26.6. The summed E-state index contributed by atoms with van der Waals surface area (Å²) in [6.45, 7) is 6.17. The van der Waals surface area contributed by atoms with Crippen LogP contribution in [-0.2, 0) is 17.9 Å². The maximum Gasteiger partial charge on any atom is 0.178 e. The average molecular weight is 573 g/mol.